The van der Waals surface area contributed by atoms with Crippen LogP contribution in [0, 0.1) is 0 Å². The molecule has 0 amide bonds. The van der Waals surface area contributed by atoms with Gasteiger partial charge in [-0.25, -0.2) is 0 Å². The Kier molecular flexibility index (Phi) is 4.55. The topological polar surface area (TPSA) is 43.1 Å². The Hall–Kier alpha value is -1.10. The number of quaternary nitrogens is 1. The first-order valence-electron chi connectivity index (χ1n) is 7.65. The molecule has 1 fully saturated rings. The highest BCUT2D eigenvalue weighted by atomic mass is 16.5. The summed E-state index contributed by atoms with van der Waals surface area (Å²) < 4.78 is 11.1. The van der Waals surface area contributed by atoms with Crippen LogP contribution in [0.2, 0.25) is 0 Å². The van der Waals surface area contributed by atoms with Gasteiger partial charge in [0.05, 0.1) is 13.2 Å². The molecule has 2 N–H and O–H groups in total. The maximum absolute atomic E-state index is 10.1. The standard InChI is InChI=1S/C16H23NO3/c18-15(11-17-6-8-19-9-7-17)12-20-16-5-4-13-2-1-3-14(13)10-16/h4-5,10,15,18H,1-3,6-9,11-12H2/p+1/t15-/m0/s1. The summed E-state index contributed by atoms with van der Waals surface area (Å²) in [5.41, 5.74) is 2.87. The Bertz CT molecular complexity index is 443. The van der Waals surface area contributed by atoms with Crippen molar-refractivity contribution >= 4 is 0 Å². The number of morpholine rings is 1. The van der Waals surface area contributed by atoms with Crippen molar-refractivity contribution in [2.24, 2.45) is 0 Å². The van der Waals surface area contributed by atoms with E-state index in [4.69, 9.17) is 9.47 Å². The van der Waals surface area contributed by atoms with E-state index in [9.17, 15) is 5.11 Å². The summed E-state index contributed by atoms with van der Waals surface area (Å²) >= 11 is 0. The third kappa shape index (κ3) is 3.51. The van der Waals surface area contributed by atoms with Gasteiger partial charge in [0, 0.05) is 0 Å². The molecular formula is C16H24NO3+. The van der Waals surface area contributed by atoms with Crippen LogP contribution in [0.3, 0.4) is 0 Å². The Labute approximate surface area is 120 Å². The summed E-state index contributed by atoms with van der Waals surface area (Å²) in [7, 11) is 0. The Morgan fingerprint density at radius 1 is 1.20 bits per heavy atom. The molecule has 0 radical (unpaired) electrons. The van der Waals surface area contributed by atoms with E-state index in [1.54, 1.807) is 0 Å². The summed E-state index contributed by atoms with van der Waals surface area (Å²) in [6.07, 6.45) is 3.20. The van der Waals surface area contributed by atoms with Crippen LogP contribution in [0.15, 0.2) is 18.2 Å². The highest BCUT2D eigenvalue weighted by Crippen LogP contribution is 2.25. The molecule has 1 aromatic carbocycles. The first-order chi connectivity index (χ1) is 9.81. The minimum Gasteiger partial charge on any atom is -0.491 e. The highest BCUT2D eigenvalue weighted by molar-refractivity contribution is 5.38. The molecule has 1 saturated heterocycles. The molecule has 0 unspecified atom stereocenters. The van der Waals surface area contributed by atoms with Gasteiger partial charge in [0.15, 0.2) is 0 Å². The number of fused-ring (bicyclic) bond motifs is 1. The van der Waals surface area contributed by atoms with Crippen LogP contribution in [0.5, 0.6) is 5.75 Å². The first-order valence-corrected chi connectivity index (χ1v) is 7.65. The van der Waals surface area contributed by atoms with Crippen LogP contribution in [-0.4, -0.2) is 50.7 Å². The van der Waals surface area contributed by atoms with Crippen molar-refractivity contribution in [2.45, 2.75) is 25.4 Å². The third-order valence-electron chi connectivity index (χ3n) is 4.24. The molecule has 110 valence electrons. The zero-order valence-corrected chi connectivity index (χ0v) is 11.9. The molecular weight excluding hydrogens is 254 g/mol. The zero-order chi connectivity index (χ0) is 13.8. The molecule has 0 saturated carbocycles. The predicted octanol–water partition coefficient (Wildman–Crippen LogP) is -0.170. The Morgan fingerprint density at radius 2 is 2.00 bits per heavy atom. The van der Waals surface area contributed by atoms with Crippen LogP contribution in [0.25, 0.3) is 0 Å². The van der Waals surface area contributed by atoms with Crippen molar-refractivity contribution in [3.8, 4) is 5.75 Å². The van der Waals surface area contributed by atoms with Crippen molar-refractivity contribution in [3.05, 3.63) is 29.3 Å². The van der Waals surface area contributed by atoms with Gasteiger partial charge in [0.25, 0.3) is 0 Å². The smallest absolute Gasteiger partial charge is 0.137 e. The van der Waals surface area contributed by atoms with Gasteiger partial charge in [-0.05, 0) is 42.5 Å². The van der Waals surface area contributed by atoms with E-state index in [1.807, 2.05) is 6.07 Å². The number of ether oxygens (including phenoxy) is 2. The quantitative estimate of drug-likeness (QED) is 0.786. The van der Waals surface area contributed by atoms with E-state index in [0.717, 1.165) is 45.0 Å². The monoisotopic (exact) mass is 278 g/mol. The summed E-state index contributed by atoms with van der Waals surface area (Å²) in [5, 5.41) is 10.1. The molecule has 1 aromatic rings. The van der Waals surface area contributed by atoms with E-state index in [-0.39, 0.29) is 0 Å². The molecule has 1 aliphatic carbocycles. The van der Waals surface area contributed by atoms with Crippen molar-refractivity contribution in [1.29, 1.82) is 0 Å². The lowest BCUT2D eigenvalue weighted by atomic mass is 10.1. The van der Waals surface area contributed by atoms with Gasteiger partial charge in [0.2, 0.25) is 0 Å². The van der Waals surface area contributed by atoms with Crippen LogP contribution in [-0.2, 0) is 17.6 Å². The molecule has 0 spiro atoms. The maximum Gasteiger partial charge on any atom is 0.137 e. The number of aliphatic hydroxyl groups excluding tert-OH is 1. The van der Waals surface area contributed by atoms with Crippen molar-refractivity contribution in [1.82, 2.24) is 0 Å². The van der Waals surface area contributed by atoms with Crippen molar-refractivity contribution in [3.63, 3.8) is 0 Å². The molecule has 1 heterocycles. The van der Waals surface area contributed by atoms with Crippen molar-refractivity contribution < 1.29 is 19.5 Å². The fraction of sp³-hybridized carbons (Fsp3) is 0.625. The molecule has 0 bridgehead atoms. The zero-order valence-electron chi connectivity index (χ0n) is 11.9. The van der Waals surface area contributed by atoms with E-state index in [0.29, 0.717) is 6.61 Å². The van der Waals surface area contributed by atoms with Gasteiger partial charge in [-0.1, -0.05) is 6.07 Å². The second-order valence-electron chi connectivity index (χ2n) is 5.82. The normalized spacial score (nSPS) is 20.6. The minimum atomic E-state index is -0.406. The third-order valence-corrected chi connectivity index (χ3v) is 4.24. The van der Waals surface area contributed by atoms with Crippen LogP contribution in [0.4, 0.5) is 0 Å². The van der Waals surface area contributed by atoms with Crippen LogP contribution < -0.4 is 9.64 Å². The number of rotatable bonds is 5. The highest BCUT2D eigenvalue weighted by Gasteiger charge is 2.19. The summed E-state index contributed by atoms with van der Waals surface area (Å²) in [6, 6.07) is 6.33. The summed E-state index contributed by atoms with van der Waals surface area (Å²) in [4.78, 5) is 1.40. The molecule has 4 heteroatoms. The Balaban J connectivity index is 1.46. The lowest BCUT2D eigenvalue weighted by Crippen LogP contribution is -3.15. The fourth-order valence-corrected chi connectivity index (χ4v) is 3.09. The van der Waals surface area contributed by atoms with E-state index < -0.39 is 6.10 Å². The number of aliphatic hydroxyl groups is 1. The molecule has 0 aromatic heterocycles. The lowest BCUT2D eigenvalue weighted by molar-refractivity contribution is -0.911. The molecule has 2 aliphatic rings. The maximum atomic E-state index is 10.1. The molecule has 1 aliphatic heterocycles. The Morgan fingerprint density at radius 3 is 2.85 bits per heavy atom. The van der Waals surface area contributed by atoms with Crippen LogP contribution >= 0.6 is 0 Å². The number of nitrogens with one attached hydrogen (secondary N) is 1. The molecule has 1 atom stereocenters. The number of benzene rings is 1. The average molecular weight is 278 g/mol. The fourth-order valence-electron chi connectivity index (χ4n) is 3.09. The van der Waals surface area contributed by atoms with Gasteiger partial charge in [0.1, 0.15) is 38.1 Å². The summed E-state index contributed by atoms with van der Waals surface area (Å²) in [6.45, 7) is 4.69. The SMILES string of the molecule is O[C@H](COc1ccc2c(c1)CCC2)C[NH+]1CCOCC1. The second-order valence-corrected chi connectivity index (χ2v) is 5.82. The number of hydrogen-bond acceptors (Lipinski definition) is 3. The van der Waals surface area contributed by atoms with Gasteiger partial charge in [-0.2, -0.15) is 0 Å². The number of aryl methyl sites for hydroxylation is 2. The van der Waals surface area contributed by atoms with Gasteiger partial charge < -0.3 is 19.5 Å². The number of hydrogen-bond donors (Lipinski definition) is 2. The first kappa shape index (κ1) is 13.9. The van der Waals surface area contributed by atoms with E-state index in [1.165, 1.54) is 28.9 Å². The average Bonchev–Trinajstić information content (AvgIpc) is 2.93. The van der Waals surface area contributed by atoms with Gasteiger partial charge in [-0.3, -0.25) is 0 Å². The second kappa shape index (κ2) is 6.57. The van der Waals surface area contributed by atoms with E-state index >= 15 is 0 Å². The molecule has 20 heavy (non-hydrogen) atoms. The van der Waals surface area contributed by atoms with E-state index in [2.05, 4.69) is 12.1 Å². The van der Waals surface area contributed by atoms with Gasteiger partial charge in [-0.15, -0.1) is 0 Å². The minimum absolute atomic E-state index is 0.378. The lowest BCUT2D eigenvalue weighted by Gasteiger charge is -2.25. The van der Waals surface area contributed by atoms with Gasteiger partial charge >= 0.3 is 0 Å². The van der Waals surface area contributed by atoms with Crippen molar-refractivity contribution in [2.75, 3.05) is 39.5 Å². The molecule has 3 rings (SSSR count). The largest absolute Gasteiger partial charge is 0.491 e. The van der Waals surface area contributed by atoms with Crippen LogP contribution in [0.1, 0.15) is 17.5 Å². The summed E-state index contributed by atoms with van der Waals surface area (Å²) in [5.74, 6) is 0.890. The predicted molar refractivity (Wildman–Crippen MR) is 76.4 cm³/mol. The molecule has 4 nitrogen and oxygen atoms in total.